The van der Waals surface area contributed by atoms with Crippen molar-refractivity contribution in [1.82, 2.24) is 5.32 Å². The van der Waals surface area contributed by atoms with E-state index in [1.54, 1.807) is 19.1 Å². The van der Waals surface area contributed by atoms with Gasteiger partial charge in [-0.05, 0) is 56.6 Å². The van der Waals surface area contributed by atoms with Gasteiger partial charge in [-0.25, -0.2) is 0 Å². The van der Waals surface area contributed by atoms with Crippen LogP contribution in [0.2, 0.25) is 0 Å². The van der Waals surface area contributed by atoms with E-state index in [1.807, 2.05) is 13.0 Å². The van der Waals surface area contributed by atoms with Crippen molar-refractivity contribution in [1.29, 1.82) is 0 Å². The van der Waals surface area contributed by atoms with Gasteiger partial charge in [0.1, 0.15) is 11.8 Å². The predicted molar refractivity (Wildman–Crippen MR) is 124 cm³/mol. The van der Waals surface area contributed by atoms with Gasteiger partial charge in [-0.15, -0.1) is 0 Å². The van der Waals surface area contributed by atoms with Crippen molar-refractivity contribution in [3.8, 4) is 0 Å². The van der Waals surface area contributed by atoms with Crippen LogP contribution in [0.4, 0.5) is 0 Å². The highest BCUT2D eigenvalue weighted by Gasteiger charge is 2.26. The molecule has 1 aliphatic carbocycles. The second-order valence-electron chi connectivity index (χ2n) is 8.64. The zero-order valence-corrected chi connectivity index (χ0v) is 19.8. The Bertz CT molecular complexity index is 950. The first-order chi connectivity index (χ1) is 14.2. The molecule has 172 valence electrons. The molecule has 7 nitrogen and oxygen atoms in total. The van der Waals surface area contributed by atoms with E-state index in [0.29, 0.717) is 5.57 Å². The second kappa shape index (κ2) is 11.2. The number of primary amides is 1. The van der Waals surface area contributed by atoms with Crippen LogP contribution in [0.1, 0.15) is 53.9 Å². The Hall–Kier alpha value is -2.45. The Kier molecular flexibility index (Phi) is 9.65. The van der Waals surface area contributed by atoms with Gasteiger partial charge >= 0.3 is 0 Å². The Morgan fingerprint density at radius 1 is 1.23 bits per heavy atom. The summed E-state index contributed by atoms with van der Waals surface area (Å²) in [6, 6.07) is -1.51. The smallest absolute Gasteiger partial charge is 0.267 e. The van der Waals surface area contributed by atoms with Crippen LogP contribution >= 0.6 is 0 Å². The molecule has 0 heterocycles. The van der Waals surface area contributed by atoms with Crippen molar-refractivity contribution in [3.05, 3.63) is 58.7 Å². The molecule has 4 N–H and O–H groups in total. The molecule has 0 radical (unpaired) electrons. The highest BCUT2D eigenvalue weighted by atomic mass is 32.2. The number of amides is 2. The van der Waals surface area contributed by atoms with Crippen molar-refractivity contribution in [3.63, 3.8) is 0 Å². The lowest BCUT2D eigenvalue weighted by atomic mass is 9.72. The number of hydrogen-bond donors (Lipinski definition) is 3. The molecule has 0 aromatic rings. The van der Waals surface area contributed by atoms with Crippen molar-refractivity contribution in [2.24, 2.45) is 11.1 Å². The summed E-state index contributed by atoms with van der Waals surface area (Å²) < 4.78 is 30.7. The van der Waals surface area contributed by atoms with E-state index in [1.165, 1.54) is 30.1 Å². The van der Waals surface area contributed by atoms with Crippen LogP contribution in [-0.2, 0) is 19.7 Å². The molecular weight excluding hydrogens is 416 g/mol. The van der Waals surface area contributed by atoms with E-state index in [9.17, 15) is 18.0 Å². The fraction of sp³-hybridized carbons (Fsp3) is 0.478. The van der Waals surface area contributed by atoms with Crippen LogP contribution in [0.15, 0.2) is 58.7 Å². The van der Waals surface area contributed by atoms with Crippen molar-refractivity contribution < 1.29 is 22.6 Å². The van der Waals surface area contributed by atoms with E-state index in [4.69, 9.17) is 10.3 Å². The van der Waals surface area contributed by atoms with E-state index >= 15 is 0 Å². The van der Waals surface area contributed by atoms with Gasteiger partial charge in [0, 0.05) is 6.08 Å². The quantitative estimate of drug-likeness (QED) is 0.282. The minimum atomic E-state index is -4.46. The Morgan fingerprint density at radius 2 is 1.87 bits per heavy atom. The molecule has 2 amide bonds. The first kappa shape index (κ1) is 26.6. The van der Waals surface area contributed by atoms with Crippen LogP contribution in [0.25, 0.3) is 0 Å². The maximum atomic E-state index is 12.0. The average Bonchev–Trinajstić information content (AvgIpc) is 2.58. The van der Waals surface area contributed by atoms with E-state index in [-0.39, 0.29) is 5.41 Å². The summed E-state index contributed by atoms with van der Waals surface area (Å²) in [5.74, 6) is -2.71. The van der Waals surface area contributed by atoms with E-state index in [2.05, 4.69) is 38.2 Å². The van der Waals surface area contributed by atoms with Crippen molar-refractivity contribution in [2.45, 2.75) is 59.9 Å². The number of allylic oxidation sites excluding steroid dienone is 9. The number of hydrogen-bond acceptors (Lipinski definition) is 4. The SMILES string of the molecule is CC1=C(/C=C/C(C)=C\C=C\C(C)=C\C(=O)NC(CS(=O)(=O)O)C(N)=O)C(C)(C)CCC1. The first-order valence-corrected chi connectivity index (χ1v) is 11.8. The number of rotatable bonds is 9. The zero-order valence-electron chi connectivity index (χ0n) is 18.9. The second-order valence-corrected chi connectivity index (χ2v) is 10.1. The zero-order chi connectivity index (χ0) is 23.8. The van der Waals surface area contributed by atoms with Crippen molar-refractivity contribution >= 4 is 21.9 Å². The topological polar surface area (TPSA) is 127 Å². The summed E-state index contributed by atoms with van der Waals surface area (Å²) in [4.78, 5) is 23.2. The van der Waals surface area contributed by atoms with Gasteiger partial charge in [0.15, 0.2) is 0 Å². The molecule has 1 rings (SSSR count). The van der Waals surface area contributed by atoms with Gasteiger partial charge in [0.05, 0.1) is 0 Å². The summed E-state index contributed by atoms with van der Waals surface area (Å²) in [6.45, 7) is 10.4. The van der Waals surface area contributed by atoms with Crippen LogP contribution in [0.3, 0.4) is 0 Å². The molecule has 0 aromatic heterocycles. The molecule has 0 saturated carbocycles. The Labute approximate surface area is 185 Å². The van der Waals surface area contributed by atoms with Gasteiger partial charge in [-0.2, -0.15) is 8.42 Å². The fourth-order valence-corrected chi connectivity index (χ4v) is 4.18. The molecule has 31 heavy (non-hydrogen) atoms. The summed E-state index contributed by atoms with van der Waals surface area (Å²) in [5.41, 5.74) is 9.71. The summed E-state index contributed by atoms with van der Waals surface area (Å²) in [5, 5.41) is 2.18. The summed E-state index contributed by atoms with van der Waals surface area (Å²) >= 11 is 0. The van der Waals surface area contributed by atoms with Gasteiger partial charge < -0.3 is 11.1 Å². The maximum Gasteiger partial charge on any atom is 0.267 e. The van der Waals surface area contributed by atoms with E-state index in [0.717, 1.165) is 12.0 Å². The van der Waals surface area contributed by atoms with E-state index < -0.39 is 33.7 Å². The number of carbonyl (C=O) groups is 2. The van der Waals surface area contributed by atoms with Gasteiger partial charge in [0.2, 0.25) is 11.8 Å². The Balaban J connectivity index is 2.77. The number of nitrogens with two attached hydrogens (primary N) is 1. The molecule has 0 aliphatic heterocycles. The molecule has 0 bridgehead atoms. The minimum Gasteiger partial charge on any atom is -0.368 e. The standard InChI is InChI=1S/C23H34N2O5S/c1-16(11-12-19-18(3)10-7-13-23(19,4)5)8-6-9-17(2)14-21(26)25-20(22(24)27)15-31(28,29)30/h6,8-9,11-12,14,20H,7,10,13,15H2,1-5H3,(H2,24,27)(H,25,26)(H,28,29,30)/b9-6+,12-11+,16-8-,17-14+. The lowest BCUT2D eigenvalue weighted by molar-refractivity contribution is -0.124. The molecule has 0 fully saturated rings. The van der Waals surface area contributed by atoms with Crippen LogP contribution in [-0.4, -0.2) is 36.6 Å². The third-order valence-corrected chi connectivity index (χ3v) is 5.92. The molecule has 8 heteroatoms. The molecule has 0 aromatic carbocycles. The summed E-state index contributed by atoms with van der Waals surface area (Å²) in [7, 11) is -4.46. The third-order valence-electron chi connectivity index (χ3n) is 5.17. The highest BCUT2D eigenvalue weighted by Crippen LogP contribution is 2.40. The molecule has 1 atom stereocenters. The largest absolute Gasteiger partial charge is 0.368 e. The Morgan fingerprint density at radius 3 is 2.42 bits per heavy atom. The lowest BCUT2D eigenvalue weighted by Gasteiger charge is -2.32. The maximum absolute atomic E-state index is 12.0. The molecule has 1 unspecified atom stereocenters. The average molecular weight is 451 g/mol. The fourth-order valence-electron chi connectivity index (χ4n) is 3.51. The normalized spacial score (nSPS) is 19.2. The number of nitrogens with one attached hydrogen (secondary N) is 1. The monoisotopic (exact) mass is 450 g/mol. The lowest BCUT2D eigenvalue weighted by Crippen LogP contribution is -2.48. The highest BCUT2D eigenvalue weighted by molar-refractivity contribution is 7.85. The molecule has 0 saturated heterocycles. The van der Waals surface area contributed by atoms with Crippen LogP contribution in [0, 0.1) is 5.41 Å². The van der Waals surface area contributed by atoms with Gasteiger partial charge in [-0.3, -0.25) is 14.1 Å². The third kappa shape index (κ3) is 9.93. The predicted octanol–water partition coefficient (Wildman–Crippen LogP) is 3.38. The minimum absolute atomic E-state index is 0.180. The summed E-state index contributed by atoms with van der Waals surface area (Å²) in [6.07, 6.45) is 14.5. The number of carbonyl (C=O) groups excluding carboxylic acids is 2. The van der Waals surface area contributed by atoms with Crippen LogP contribution in [0.5, 0.6) is 0 Å². The molecule has 1 aliphatic rings. The molecular formula is C23H34N2O5S. The first-order valence-electron chi connectivity index (χ1n) is 10.2. The van der Waals surface area contributed by atoms with Gasteiger partial charge in [0.25, 0.3) is 10.1 Å². The van der Waals surface area contributed by atoms with Crippen LogP contribution < -0.4 is 11.1 Å². The molecule has 0 spiro atoms. The van der Waals surface area contributed by atoms with Gasteiger partial charge in [-0.1, -0.05) is 55.4 Å². The van der Waals surface area contributed by atoms with Crippen molar-refractivity contribution in [2.75, 3.05) is 5.75 Å².